The number of nitrogens with zero attached hydrogens (tertiary/aromatic N) is 4. The van der Waals surface area contributed by atoms with Crippen LogP contribution in [-0.4, -0.2) is 52.1 Å². The summed E-state index contributed by atoms with van der Waals surface area (Å²) in [5, 5.41) is 0.813. The molecule has 0 amide bonds. The van der Waals surface area contributed by atoms with Crippen LogP contribution < -0.4 is 0 Å². The van der Waals surface area contributed by atoms with Crippen LogP contribution in [0.1, 0.15) is 17.8 Å². The van der Waals surface area contributed by atoms with E-state index in [9.17, 15) is 0 Å². The summed E-state index contributed by atoms with van der Waals surface area (Å²) in [6, 6.07) is 8.23. The molecule has 5 heteroatoms. The second-order valence-electron chi connectivity index (χ2n) is 6.30. The second kappa shape index (κ2) is 7.95. The number of halogens is 1. The molecule has 1 saturated heterocycles. The first-order valence-electron chi connectivity index (χ1n) is 8.36. The Kier molecular flexibility index (Phi) is 5.70. The number of hydrogen-bond donors (Lipinski definition) is 0. The molecule has 0 radical (unpaired) electrons. The summed E-state index contributed by atoms with van der Waals surface area (Å²) >= 11 is 5.94. The van der Waals surface area contributed by atoms with Crippen LogP contribution in [0.3, 0.4) is 0 Å². The molecule has 0 unspecified atom stereocenters. The van der Waals surface area contributed by atoms with Gasteiger partial charge in [-0.05, 0) is 43.6 Å². The Morgan fingerprint density at radius 1 is 1.04 bits per heavy atom. The predicted octanol–water partition coefficient (Wildman–Crippen LogP) is 2.82. The SMILES string of the molecule is Cn1ccnc1CN1CCCN(CCc2ccc(Cl)cc2)CC1. The minimum absolute atomic E-state index is 0.813. The summed E-state index contributed by atoms with van der Waals surface area (Å²) < 4.78 is 2.11. The minimum atomic E-state index is 0.813. The number of hydrogen-bond acceptors (Lipinski definition) is 3. The van der Waals surface area contributed by atoms with Crippen molar-refractivity contribution < 1.29 is 0 Å². The van der Waals surface area contributed by atoms with E-state index in [1.165, 1.54) is 18.5 Å². The molecule has 4 nitrogen and oxygen atoms in total. The van der Waals surface area contributed by atoms with Crippen molar-refractivity contribution in [2.24, 2.45) is 7.05 Å². The van der Waals surface area contributed by atoms with E-state index >= 15 is 0 Å². The lowest BCUT2D eigenvalue weighted by atomic mass is 10.1. The maximum Gasteiger partial charge on any atom is 0.122 e. The molecule has 2 heterocycles. The van der Waals surface area contributed by atoms with Crippen molar-refractivity contribution in [3.05, 3.63) is 53.1 Å². The molecule has 1 fully saturated rings. The molecular weight excluding hydrogens is 308 g/mol. The lowest BCUT2D eigenvalue weighted by Gasteiger charge is -2.21. The Labute approximate surface area is 143 Å². The van der Waals surface area contributed by atoms with Gasteiger partial charge in [-0.2, -0.15) is 0 Å². The van der Waals surface area contributed by atoms with Crippen LogP contribution in [0.2, 0.25) is 5.02 Å². The first kappa shape index (κ1) is 16.5. The summed E-state index contributed by atoms with van der Waals surface area (Å²) in [6.45, 7) is 6.67. The zero-order valence-corrected chi connectivity index (χ0v) is 14.5. The molecule has 0 atom stereocenters. The van der Waals surface area contributed by atoms with E-state index in [-0.39, 0.29) is 0 Å². The lowest BCUT2D eigenvalue weighted by molar-refractivity contribution is 0.247. The topological polar surface area (TPSA) is 24.3 Å². The van der Waals surface area contributed by atoms with E-state index in [1.54, 1.807) is 0 Å². The van der Waals surface area contributed by atoms with Gasteiger partial charge in [0.05, 0.1) is 6.54 Å². The summed E-state index contributed by atoms with van der Waals surface area (Å²) in [4.78, 5) is 9.53. The molecule has 0 N–H and O–H groups in total. The van der Waals surface area contributed by atoms with Gasteiger partial charge in [-0.1, -0.05) is 23.7 Å². The Morgan fingerprint density at radius 3 is 2.52 bits per heavy atom. The Morgan fingerprint density at radius 2 is 1.78 bits per heavy atom. The van der Waals surface area contributed by atoms with Gasteiger partial charge in [0.2, 0.25) is 0 Å². The molecule has 3 rings (SSSR count). The zero-order valence-electron chi connectivity index (χ0n) is 13.8. The van der Waals surface area contributed by atoms with Crippen LogP contribution in [0.4, 0.5) is 0 Å². The third-order valence-corrected chi connectivity index (χ3v) is 4.85. The first-order valence-corrected chi connectivity index (χ1v) is 8.74. The van der Waals surface area contributed by atoms with E-state index in [4.69, 9.17) is 11.6 Å². The van der Waals surface area contributed by atoms with Gasteiger partial charge in [0.25, 0.3) is 0 Å². The predicted molar refractivity (Wildman–Crippen MR) is 94.7 cm³/mol. The number of aryl methyl sites for hydroxylation is 1. The standard InChI is InChI=1S/C18H25ClN4/c1-21-12-8-20-18(21)15-23-10-2-9-22(13-14-23)11-7-16-3-5-17(19)6-4-16/h3-6,8,12H,2,7,9-11,13-15H2,1H3. The molecule has 1 aromatic carbocycles. The Hall–Kier alpha value is -1.36. The van der Waals surface area contributed by atoms with Crippen LogP contribution in [0.25, 0.3) is 0 Å². The smallest absolute Gasteiger partial charge is 0.122 e. The normalized spacial score (nSPS) is 17.3. The van der Waals surface area contributed by atoms with Gasteiger partial charge in [-0.3, -0.25) is 4.90 Å². The van der Waals surface area contributed by atoms with Crippen LogP contribution in [0, 0.1) is 0 Å². The summed E-state index contributed by atoms with van der Waals surface area (Å²) in [7, 11) is 2.07. The van der Waals surface area contributed by atoms with Crippen molar-refractivity contribution in [3.8, 4) is 0 Å². The third-order valence-electron chi connectivity index (χ3n) is 4.60. The van der Waals surface area contributed by atoms with Gasteiger partial charge in [0, 0.05) is 44.1 Å². The van der Waals surface area contributed by atoms with Crippen molar-refractivity contribution >= 4 is 11.6 Å². The number of rotatable bonds is 5. The summed E-state index contributed by atoms with van der Waals surface area (Å²) in [6.07, 6.45) is 6.22. The highest BCUT2D eigenvalue weighted by molar-refractivity contribution is 6.30. The molecule has 0 bridgehead atoms. The quantitative estimate of drug-likeness (QED) is 0.841. The second-order valence-corrected chi connectivity index (χ2v) is 6.74. The van der Waals surface area contributed by atoms with Crippen LogP contribution in [0.5, 0.6) is 0 Å². The number of aromatic nitrogens is 2. The molecule has 2 aromatic rings. The Bertz CT molecular complexity index is 608. The van der Waals surface area contributed by atoms with Gasteiger partial charge in [0.15, 0.2) is 0 Å². The average Bonchev–Trinajstić information content (AvgIpc) is 2.82. The summed E-state index contributed by atoms with van der Waals surface area (Å²) in [5.41, 5.74) is 1.36. The molecule has 0 aliphatic carbocycles. The fraction of sp³-hybridized carbons (Fsp3) is 0.500. The molecule has 0 saturated carbocycles. The maximum absolute atomic E-state index is 5.94. The highest BCUT2D eigenvalue weighted by atomic mass is 35.5. The van der Waals surface area contributed by atoms with Gasteiger partial charge < -0.3 is 9.47 Å². The third kappa shape index (κ3) is 4.80. The largest absolute Gasteiger partial charge is 0.337 e. The van der Waals surface area contributed by atoms with Crippen LogP contribution >= 0.6 is 11.6 Å². The average molecular weight is 333 g/mol. The molecule has 0 spiro atoms. The number of imidazole rings is 1. The zero-order chi connectivity index (χ0) is 16.1. The number of benzene rings is 1. The van der Waals surface area contributed by atoms with Gasteiger partial charge >= 0.3 is 0 Å². The molecule has 124 valence electrons. The van der Waals surface area contributed by atoms with Crippen molar-refractivity contribution in [2.75, 3.05) is 32.7 Å². The Balaban J connectivity index is 1.46. The molecule has 1 aliphatic rings. The molecule has 1 aromatic heterocycles. The fourth-order valence-electron chi connectivity index (χ4n) is 3.09. The summed E-state index contributed by atoms with van der Waals surface area (Å²) in [5.74, 6) is 1.15. The van der Waals surface area contributed by atoms with Gasteiger partial charge in [-0.25, -0.2) is 4.98 Å². The molecule has 23 heavy (non-hydrogen) atoms. The monoisotopic (exact) mass is 332 g/mol. The minimum Gasteiger partial charge on any atom is -0.337 e. The van der Waals surface area contributed by atoms with E-state index in [2.05, 4.69) is 38.5 Å². The van der Waals surface area contributed by atoms with Gasteiger partial charge in [0.1, 0.15) is 5.82 Å². The van der Waals surface area contributed by atoms with E-state index in [0.717, 1.165) is 50.0 Å². The van der Waals surface area contributed by atoms with Crippen molar-refractivity contribution in [2.45, 2.75) is 19.4 Å². The van der Waals surface area contributed by atoms with Crippen molar-refractivity contribution in [1.29, 1.82) is 0 Å². The lowest BCUT2D eigenvalue weighted by Crippen LogP contribution is -2.32. The van der Waals surface area contributed by atoms with E-state index in [1.807, 2.05) is 24.5 Å². The van der Waals surface area contributed by atoms with E-state index < -0.39 is 0 Å². The van der Waals surface area contributed by atoms with Crippen LogP contribution in [0.15, 0.2) is 36.7 Å². The highest BCUT2D eigenvalue weighted by Crippen LogP contribution is 2.12. The van der Waals surface area contributed by atoms with Crippen molar-refractivity contribution in [1.82, 2.24) is 19.4 Å². The van der Waals surface area contributed by atoms with E-state index in [0.29, 0.717) is 0 Å². The molecule has 1 aliphatic heterocycles. The first-order chi connectivity index (χ1) is 11.2. The van der Waals surface area contributed by atoms with Gasteiger partial charge in [-0.15, -0.1) is 0 Å². The van der Waals surface area contributed by atoms with Crippen molar-refractivity contribution in [3.63, 3.8) is 0 Å². The highest BCUT2D eigenvalue weighted by Gasteiger charge is 2.16. The fourth-order valence-corrected chi connectivity index (χ4v) is 3.22. The maximum atomic E-state index is 5.94. The molecular formula is C18H25ClN4. The van der Waals surface area contributed by atoms with Crippen LogP contribution in [-0.2, 0) is 20.0 Å².